The third-order valence-corrected chi connectivity index (χ3v) is 4.92. The van der Waals surface area contributed by atoms with Crippen LogP contribution in [0.1, 0.15) is 11.3 Å². The predicted octanol–water partition coefficient (Wildman–Crippen LogP) is 3.24. The van der Waals surface area contributed by atoms with Crippen LogP contribution in [0.2, 0.25) is 0 Å². The topological polar surface area (TPSA) is 87.7 Å². The fourth-order valence-electron chi connectivity index (χ4n) is 2.10. The van der Waals surface area contributed by atoms with Crippen molar-refractivity contribution in [3.8, 4) is 11.3 Å². The Morgan fingerprint density at radius 2 is 2.00 bits per heavy atom. The third-order valence-electron chi connectivity index (χ3n) is 3.29. The molecule has 0 unspecified atom stereocenters. The third kappa shape index (κ3) is 4.77. The normalized spacial score (nSPS) is 10.6. The van der Waals surface area contributed by atoms with Crippen molar-refractivity contribution in [1.29, 1.82) is 0 Å². The monoisotopic (exact) mass is 372 g/mol. The van der Waals surface area contributed by atoms with Gasteiger partial charge in [-0.2, -0.15) is 0 Å². The molecule has 0 aliphatic rings. The van der Waals surface area contributed by atoms with Crippen molar-refractivity contribution < 1.29 is 4.79 Å². The van der Waals surface area contributed by atoms with E-state index in [0.29, 0.717) is 16.0 Å². The van der Waals surface area contributed by atoms with Crippen LogP contribution in [0.3, 0.4) is 0 Å². The minimum atomic E-state index is -0.224. The fraction of sp³-hybridized carbons (Fsp3) is 0.176. The highest BCUT2D eigenvalue weighted by Gasteiger charge is 2.09. The molecule has 2 heterocycles. The Balaban J connectivity index is 1.60. The van der Waals surface area contributed by atoms with Gasteiger partial charge in [0.1, 0.15) is 0 Å². The van der Waals surface area contributed by atoms with Gasteiger partial charge in [0.25, 0.3) is 5.56 Å². The maximum atomic E-state index is 12.1. The van der Waals surface area contributed by atoms with E-state index in [0.717, 1.165) is 11.3 Å². The van der Waals surface area contributed by atoms with E-state index in [-0.39, 0.29) is 17.2 Å². The van der Waals surface area contributed by atoms with Crippen molar-refractivity contribution in [2.45, 2.75) is 19.0 Å². The second kappa shape index (κ2) is 7.62. The number of benzene rings is 1. The van der Waals surface area contributed by atoms with Crippen LogP contribution in [0.5, 0.6) is 0 Å². The molecule has 2 aromatic heterocycles. The number of thiazole rings is 1. The zero-order valence-corrected chi connectivity index (χ0v) is 15.3. The molecule has 1 aromatic carbocycles. The Morgan fingerprint density at radius 3 is 2.72 bits per heavy atom. The molecule has 0 atom stereocenters. The van der Waals surface area contributed by atoms with Crippen molar-refractivity contribution in [2.24, 2.45) is 0 Å². The second-order valence-corrected chi connectivity index (χ2v) is 7.25. The molecule has 0 saturated carbocycles. The largest absolute Gasteiger partial charge is 0.301 e. The van der Waals surface area contributed by atoms with E-state index < -0.39 is 0 Å². The van der Waals surface area contributed by atoms with Crippen LogP contribution in [0.15, 0.2) is 45.7 Å². The van der Waals surface area contributed by atoms with Gasteiger partial charge in [0.2, 0.25) is 5.91 Å². The van der Waals surface area contributed by atoms with Crippen molar-refractivity contribution >= 4 is 34.1 Å². The van der Waals surface area contributed by atoms with Crippen molar-refractivity contribution in [3.63, 3.8) is 0 Å². The number of aryl methyl sites for hydroxylation is 2. The standard InChI is InChI=1S/C17H16N4O2S2/c1-10-3-5-12(6-4-10)13-8-24-17(19-13)21-15(23)9-25-16-18-11(2)7-14(22)20-16/h3-8H,9H2,1-2H3,(H,18,20,22)(H,19,21,23). The number of nitrogens with one attached hydrogen (secondary N) is 2. The number of carbonyl (C=O) groups excluding carboxylic acids is 1. The van der Waals surface area contributed by atoms with Crippen LogP contribution < -0.4 is 10.9 Å². The van der Waals surface area contributed by atoms with Gasteiger partial charge in [0, 0.05) is 22.7 Å². The Labute approximate surface area is 152 Å². The van der Waals surface area contributed by atoms with E-state index in [4.69, 9.17) is 0 Å². The van der Waals surface area contributed by atoms with Gasteiger partial charge in [-0.05, 0) is 13.8 Å². The van der Waals surface area contributed by atoms with E-state index >= 15 is 0 Å². The van der Waals surface area contributed by atoms with Crippen molar-refractivity contribution in [3.05, 3.63) is 57.3 Å². The number of amides is 1. The van der Waals surface area contributed by atoms with E-state index in [1.54, 1.807) is 6.92 Å². The molecule has 128 valence electrons. The zero-order chi connectivity index (χ0) is 17.8. The van der Waals surface area contributed by atoms with Crippen molar-refractivity contribution in [2.75, 3.05) is 11.1 Å². The highest BCUT2D eigenvalue weighted by Crippen LogP contribution is 2.25. The number of thioether (sulfide) groups is 1. The second-order valence-electron chi connectivity index (χ2n) is 5.43. The van der Waals surface area contributed by atoms with Gasteiger partial charge in [0.05, 0.1) is 11.4 Å². The number of aromatic nitrogens is 3. The first kappa shape index (κ1) is 17.4. The number of anilines is 1. The Kier molecular flexibility index (Phi) is 5.30. The molecular formula is C17H16N4O2S2. The summed E-state index contributed by atoms with van der Waals surface area (Å²) in [6, 6.07) is 9.47. The average molecular weight is 372 g/mol. The lowest BCUT2D eigenvalue weighted by atomic mass is 10.1. The number of nitrogens with zero attached hydrogens (tertiary/aromatic N) is 2. The summed E-state index contributed by atoms with van der Waals surface area (Å²) in [6.45, 7) is 3.77. The molecule has 8 heteroatoms. The van der Waals surface area contributed by atoms with Gasteiger partial charge in [-0.1, -0.05) is 41.6 Å². The molecule has 1 amide bonds. The first-order chi connectivity index (χ1) is 12.0. The van der Waals surface area contributed by atoms with Crippen LogP contribution in [-0.4, -0.2) is 26.6 Å². The van der Waals surface area contributed by atoms with E-state index in [2.05, 4.69) is 20.3 Å². The van der Waals surface area contributed by atoms with Crippen LogP contribution in [-0.2, 0) is 4.79 Å². The molecule has 0 spiro atoms. The van der Waals surface area contributed by atoms with E-state index in [1.807, 2.05) is 36.6 Å². The number of H-pyrrole nitrogens is 1. The van der Waals surface area contributed by atoms with Crippen molar-refractivity contribution in [1.82, 2.24) is 15.0 Å². The number of hydrogen-bond acceptors (Lipinski definition) is 6. The number of aromatic amines is 1. The van der Waals surface area contributed by atoms with Gasteiger partial charge in [-0.3, -0.25) is 9.59 Å². The van der Waals surface area contributed by atoms with Crippen LogP contribution in [0, 0.1) is 13.8 Å². The Bertz CT molecular complexity index is 948. The molecule has 0 aliphatic heterocycles. The quantitative estimate of drug-likeness (QED) is 0.530. The molecule has 25 heavy (non-hydrogen) atoms. The summed E-state index contributed by atoms with van der Waals surface area (Å²) in [7, 11) is 0. The molecule has 0 bridgehead atoms. The number of hydrogen-bond donors (Lipinski definition) is 2. The lowest BCUT2D eigenvalue weighted by molar-refractivity contribution is -0.113. The minimum Gasteiger partial charge on any atom is -0.301 e. The molecule has 2 N–H and O–H groups in total. The molecule has 3 rings (SSSR count). The summed E-state index contributed by atoms with van der Waals surface area (Å²) in [5.74, 6) is -0.0507. The van der Waals surface area contributed by atoms with Crippen LogP contribution >= 0.6 is 23.1 Å². The summed E-state index contributed by atoms with van der Waals surface area (Å²) in [4.78, 5) is 34.7. The van der Waals surface area contributed by atoms with Gasteiger partial charge in [-0.25, -0.2) is 9.97 Å². The van der Waals surface area contributed by atoms with E-state index in [1.165, 1.54) is 34.7 Å². The Morgan fingerprint density at radius 1 is 1.24 bits per heavy atom. The first-order valence-electron chi connectivity index (χ1n) is 7.53. The number of rotatable bonds is 5. The summed E-state index contributed by atoms with van der Waals surface area (Å²) in [6.07, 6.45) is 0. The molecule has 6 nitrogen and oxygen atoms in total. The van der Waals surface area contributed by atoms with Gasteiger partial charge in [0.15, 0.2) is 10.3 Å². The van der Waals surface area contributed by atoms with Gasteiger partial charge < -0.3 is 10.3 Å². The van der Waals surface area contributed by atoms with Gasteiger partial charge >= 0.3 is 0 Å². The SMILES string of the molecule is Cc1ccc(-c2csc(NC(=O)CSc3nc(C)cc(=O)[nH]3)n2)cc1. The summed E-state index contributed by atoms with van der Waals surface area (Å²) in [5, 5.41) is 5.66. The maximum Gasteiger partial charge on any atom is 0.251 e. The number of carbonyl (C=O) groups is 1. The Hall–Kier alpha value is -2.45. The summed E-state index contributed by atoms with van der Waals surface area (Å²) in [5.41, 5.74) is 3.43. The van der Waals surface area contributed by atoms with Crippen LogP contribution in [0.4, 0.5) is 5.13 Å². The molecule has 3 aromatic rings. The fourth-order valence-corrected chi connectivity index (χ4v) is 3.55. The average Bonchev–Trinajstić information content (AvgIpc) is 3.01. The van der Waals surface area contributed by atoms with E-state index in [9.17, 15) is 9.59 Å². The molecule has 0 saturated heterocycles. The zero-order valence-electron chi connectivity index (χ0n) is 13.7. The molecule has 0 radical (unpaired) electrons. The highest BCUT2D eigenvalue weighted by molar-refractivity contribution is 7.99. The molecule has 0 aliphatic carbocycles. The minimum absolute atomic E-state index is 0.145. The highest BCUT2D eigenvalue weighted by atomic mass is 32.2. The summed E-state index contributed by atoms with van der Waals surface area (Å²) >= 11 is 2.56. The molecular weight excluding hydrogens is 356 g/mol. The first-order valence-corrected chi connectivity index (χ1v) is 9.39. The van der Waals surface area contributed by atoms with Gasteiger partial charge in [-0.15, -0.1) is 11.3 Å². The lowest BCUT2D eigenvalue weighted by Gasteiger charge is -2.02. The molecule has 0 fully saturated rings. The lowest BCUT2D eigenvalue weighted by Crippen LogP contribution is -2.15. The van der Waals surface area contributed by atoms with Crippen LogP contribution in [0.25, 0.3) is 11.3 Å². The summed E-state index contributed by atoms with van der Waals surface area (Å²) < 4.78 is 0. The smallest absolute Gasteiger partial charge is 0.251 e. The maximum absolute atomic E-state index is 12.1. The predicted molar refractivity (Wildman–Crippen MR) is 101 cm³/mol.